The molecule has 3 aliphatic rings. The predicted molar refractivity (Wildman–Crippen MR) is 138 cm³/mol. The number of carbonyl (C=O) groups is 1. The minimum Gasteiger partial charge on any atom is -0.345 e. The van der Waals surface area contributed by atoms with Crippen LogP contribution in [0.3, 0.4) is 0 Å². The molecule has 4 nitrogen and oxygen atoms in total. The van der Waals surface area contributed by atoms with Gasteiger partial charge >= 0.3 is 0 Å². The number of fused-ring (bicyclic) bond motifs is 2. The molecule has 6 rings (SSSR count). The lowest BCUT2D eigenvalue weighted by molar-refractivity contribution is -0.691. The number of carbonyl (C=O) groups excluding carboxylic acids is 1. The highest BCUT2D eigenvalue weighted by Gasteiger charge is 2.56. The topological polar surface area (TPSA) is 53.5 Å². The van der Waals surface area contributed by atoms with Gasteiger partial charge < -0.3 is 15.5 Å². The summed E-state index contributed by atoms with van der Waals surface area (Å²) >= 11 is 0. The van der Waals surface area contributed by atoms with E-state index in [0.29, 0.717) is 11.8 Å². The number of nitrogens with zero attached hydrogens (tertiary/aromatic N) is 1. The van der Waals surface area contributed by atoms with E-state index in [1.54, 1.807) is 0 Å². The Labute approximate surface area is 208 Å². The molecule has 0 aliphatic carbocycles. The second-order valence-corrected chi connectivity index (χ2v) is 10.8. The van der Waals surface area contributed by atoms with E-state index in [4.69, 9.17) is 0 Å². The Morgan fingerprint density at radius 3 is 2.37 bits per heavy atom. The molecule has 1 spiro atoms. The van der Waals surface area contributed by atoms with E-state index in [2.05, 4.69) is 101 Å². The molecule has 4 atom stereocenters. The maximum atomic E-state index is 14.5. The molecule has 0 saturated carbocycles. The Morgan fingerprint density at radius 1 is 0.886 bits per heavy atom. The van der Waals surface area contributed by atoms with E-state index in [1.807, 2.05) is 0 Å². The molecule has 35 heavy (non-hydrogen) atoms. The van der Waals surface area contributed by atoms with E-state index < -0.39 is 0 Å². The summed E-state index contributed by atoms with van der Waals surface area (Å²) in [6.45, 7) is 6.98. The van der Waals surface area contributed by atoms with Gasteiger partial charge in [0.05, 0.1) is 25.7 Å². The molecule has 180 valence electrons. The van der Waals surface area contributed by atoms with Crippen molar-refractivity contribution in [2.75, 3.05) is 26.2 Å². The third-order valence-corrected chi connectivity index (χ3v) is 9.02. The molecule has 0 aromatic heterocycles. The highest BCUT2D eigenvalue weighted by atomic mass is 16.2. The van der Waals surface area contributed by atoms with E-state index in [1.165, 1.54) is 27.8 Å². The molecular formula is C31H37N3O+2. The van der Waals surface area contributed by atoms with Gasteiger partial charge in [0, 0.05) is 12.1 Å². The van der Waals surface area contributed by atoms with Crippen LogP contribution in [0.5, 0.6) is 0 Å². The Kier molecular flexibility index (Phi) is 5.95. The fourth-order valence-corrected chi connectivity index (χ4v) is 7.21. The Balaban J connectivity index is 1.35. The lowest BCUT2D eigenvalue weighted by Crippen LogP contribution is -2.91. The Bertz CT molecular complexity index is 1190. The third kappa shape index (κ3) is 3.89. The van der Waals surface area contributed by atoms with Crippen LogP contribution in [0.25, 0.3) is 0 Å². The molecule has 4 heteroatoms. The average molecular weight is 468 g/mol. The molecule has 3 aliphatic heterocycles. The summed E-state index contributed by atoms with van der Waals surface area (Å²) < 4.78 is 0. The van der Waals surface area contributed by atoms with Gasteiger partial charge in [-0.15, -0.1) is 0 Å². The van der Waals surface area contributed by atoms with Gasteiger partial charge in [0.25, 0.3) is 0 Å². The van der Waals surface area contributed by atoms with Crippen LogP contribution in [0.2, 0.25) is 0 Å². The zero-order valence-electron chi connectivity index (χ0n) is 20.7. The van der Waals surface area contributed by atoms with Crippen LogP contribution < -0.4 is 10.6 Å². The number of hydrogen-bond donors (Lipinski definition) is 2. The predicted octanol–water partition coefficient (Wildman–Crippen LogP) is 2.65. The van der Waals surface area contributed by atoms with Crippen LogP contribution in [-0.4, -0.2) is 37.0 Å². The fraction of sp³-hybridized carbons (Fsp3) is 0.387. The van der Waals surface area contributed by atoms with E-state index in [0.717, 1.165) is 45.6 Å². The maximum Gasteiger partial charge on any atom is 0.233 e. The number of piperidine rings is 1. The quantitative estimate of drug-likeness (QED) is 0.611. The molecule has 1 amide bonds. The van der Waals surface area contributed by atoms with Crippen molar-refractivity contribution in [1.82, 2.24) is 4.90 Å². The van der Waals surface area contributed by atoms with Crippen LogP contribution in [0.4, 0.5) is 0 Å². The number of amides is 1. The summed E-state index contributed by atoms with van der Waals surface area (Å²) in [5, 5.41) is 4.83. The summed E-state index contributed by atoms with van der Waals surface area (Å²) in [5.74, 6) is 0.877. The molecule has 0 unspecified atom stereocenters. The van der Waals surface area contributed by atoms with Crippen molar-refractivity contribution >= 4 is 5.91 Å². The molecule has 3 heterocycles. The number of likely N-dealkylation sites (tertiary alicyclic amines) is 1. The van der Waals surface area contributed by atoms with Gasteiger partial charge in [0.1, 0.15) is 17.9 Å². The average Bonchev–Trinajstić information content (AvgIpc) is 3.33. The smallest absolute Gasteiger partial charge is 0.233 e. The maximum absolute atomic E-state index is 14.5. The summed E-state index contributed by atoms with van der Waals surface area (Å²) in [5.41, 5.74) is 6.84. The molecule has 2 fully saturated rings. The second kappa shape index (κ2) is 9.25. The van der Waals surface area contributed by atoms with Crippen molar-refractivity contribution in [1.29, 1.82) is 0 Å². The van der Waals surface area contributed by atoms with Gasteiger partial charge in [-0.3, -0.25) is 4.79 Å². The molecular weight excluding hydrogens is 430 g/mol. The van der Waals surface area contributed by atoms with E-state index in [9.17, 15) is 4.79 Å². The standard InChI is InChI=1S/C31H35N3O/c1-22-9-8-14-27-26(22)18-32-20-31(27)21-33-19-28(31)30(35)34-16-15-25(23-10-4-2-5-11-23)17-29(34)24-12-6-3-7-13-24/h2-14,25,28-29,32-33H,15-21H2,1H3/p+2/t25-,28+,29+,31+/m1/s1. The third-order valence-electron chi connectivity index (χ3n) is 9.02. The number of benzene rings is 3. The zero-order chi connectivity index (χ0) is 23.8. The van der Waals surface area contributed by atoms with Gasteiger partial charge in [0.15, 0.2) is 0 Å². The SMILES string of the molecule is Cc1cccc2c1C[NH2+]C[C@]21C[NH2+]C[C@H]1C(=O)N1CC[C@@H](c2ccccc2)C[C@H]1c1ccccc1. The highest BCUT2D eigenvalue weighted by Crippen LogP contribution is 2.43. The summed E-state index contributed by atoms with van der Waals surface area (Å²) in [6.07, 6.45) is 2.02. The van der Waals surface area contributed by atoms with Crippen LogP contribution in [0.15, 0.2) is 78.9 Å². The molecule has 3 aromatic rings. The van der Waals surface area contributed by atoms with Crippen LogP contribution in [-0.2, 0) is 16.8 Å². The van der Waals surface area contributed by atoms with Crippen LogP contribution >= 0.6 is 0 Å². The lowest BCUT2D eigenvalue weighted by atomic mass is 9.67. The first-order valence-electron chi connectivity index (χ1n) is 13.3. The highest BCUT2D eigenvalue weighted by molar-refractivity contribution is 5.82. The van der Waals surface area contributed by atoms with E-state index in [-0.39, 0.29) is 17.4 Å². The van der Waals surface area contributed by atoms with Crippen molar-refractivity contribution in [2.24, 2.45) is 5.92 Å². The molecule has 0 radical (unpaired) electrons. The minimum atomic E-state index is -0.0752. The minimum absolute atomic E-state index is 0.0269. The van der Waals surface area contributed by atoms with Gasteiger partial charge in [-0.1, -0.05) is 78.9 Å². The first kappa shape index (κ1) is 22.5. The van der Waals surface area contributed by atoms with Gasteiger partial charge in [-0.2, -0.15) is 0 Å². The molecule has 2 saturated heterocycles. The molecule has 3 aromatic carbocycles. The summed E-state index contributed by atoms with van der Waals surface area (Å²) in [6, 6.07) is 28.5. The number of quaternary nitrogens is 2. The van der Waals surface area contributed by atoms with Crippen molar-refractivity contribution in [3.63, 3.8) is 0 Å². The van der Waals surface area contributed by atoms with Gasteiger partial charge in [-0.05, 0) is 47.9 Å². The number of nitrogens with two attached hydrogens (primary N) is 2. The zero-order valence-corrected chi connectivity index (χ0v) is 20.7. The first-order valence-corrected chi connectivity index (χ1v) is 13.3. The first-order chi connectivity index (χ1) is 17.2. The van der Waals surface area contributed by atoms with Crippen molar-refractivity contribution in [3.05, 3.63) is 107 Å². The van der Waals surface area contributed by atoms with Crippen LogP contribution in [0.1, 0.15) is 52.6 Å². The Hall–Kier alpha value is -2.95. The van der Waals surface area contributed by atoms with Crippen LogP contribution in [0, 0.1) is 12.8 Å². The fourth-order valence-electron chi connectivity index (χ4n) is 7.21. The summed E-state index contributed by atoms with van der Waals surface area (Å²) in [4.78, 5) is 16.7. The second-order valence-electron chi connectivity index (χ2n) is 10.8. The van der Waals surface area contributed by atoms with Crippen molar-refractivity contribution < 1.29 is 15.4 Å². The Morgan fingerprint density at radius 2 is 1.60 bits per heavy atom. The van der Waals surface area contributed by atoms with Crippen molar-refractivity contribution in [2.45, 2.75) is 43.7 Å². The number of hydrogen-bond acceptors (Lipinski definition) is 1. The van der Waals surface area contributed by atoms with Crippen molar-refractivity contribution in [3.8, 4) is 0 Å². The van der Waals surface area contributed by atoms with E-state index >= 15 is 0 Å². The van der Waals surface area contributed by atoms with Gasteiger partial charge in [0.2, 0.25) is 5.91 Å². The molecule has 0 bridgehead atoms. The molecule has 4 N–H and O–H groups in total. The number of aryl methyl sites for hydroxylation is 1. The largest absolute Gasteiger partial charge is 0.345 e. The monoisotopic (exact) mass is 467 g/mol. The lowest BCUT2D eigenvalue weighted by Gasteiger charge is -2.43. The normalized spacial score (nSPS) is 28.1. The van der Waals surface area contributed by atoms with Gasteiger partial charge in [-0.25, -0.2) is 0 Å². The number of rotatable bonds is 3. The summed E-state index contributed by atoms with van der Waals surface area (Å²) in [7, 11) is 0.